The quantitative estimate of drug-likeness (QED) is 0.630. The molecule has 2 N–H and O–H groups in total. The number of fused-ring (bicyclic) bond motifs is 1. The van der Waals surface area contributed by atoms with Crippen LogP contribution in [0.25, 0.3) is 0 Å². The second-order valence-corrected chi connectivity index (χ2v) is 9.04. The van der Waals surface area contributed by atoms with Gasteiger partial charge in [0.25, 0.3) is 11.8 Å². The second kappa shape index (κ2) is 10.7. The summed E-state index contributed by atoms with van der Waals surface area (Å²) in [5.74, 6) is 0.945. The van der Waals surface area contributed by atoms with Gasteiger partial charge in [0, 0.05) is 30.3 Å². The molecule has 9 nitrogen and oxygen atoms in total. The summed E-state index contributed by atoms with van der Waals surface area (Å²) in [7, 11) is 1.56. The molecule has 2 aliphatic heterocycles. The van der Waals surface area contributed by atoms with Gasteiger partial charge in [0.1, 0.15) is 11.8 Å². The van der Waals surface area contributed by atoms with E-state index in [0.717, 1.165) is 0 Å². The maximum absolute atomic E-state index is 13.0. The van der Waals surface area contributed by atoms with Gasteiger partial charge in [0.05, 0.1) is 7.11 Å². The normalized spacial score (nSPS) is 16.1. The summed E-state index contributed by atoms with van der Waals surface area (Å²) in [6.07, 6.45) is 1.18. The number of nitrogens with one attached hydrogen (secondary N) is 2. The van der Waals surface area contributed by atoms with Gasteiger partial charge in [-0.05, 0) is 69.0 Å². The fourth-order valence-corrected chi connectivity index (χ4v) is 4.41. The van der Waals surface area contributed by atoms with Crippen molar-refractivity contribution in [3.05, 3.63) is 53.6 Å². The third kappa shape index (κ3) is 5.67. The highest BCUT2D eigenvalue weighted by molar-refractivity contribution is 5.98. The largest absolute Gasteiger partial charge is 0.497 e. The summed E-state index contributed by atoms with van der Waals surface area (Å²) in [4.78, 5) is 40.9. The number of carbonyl (C=O) groups excluding carboxylic acids is 3. The monoisotopic (exact) mass is 481 g/mol. The van der Waals surface area contributed by atoms with Crippen molar-refractivity contribution < 1.29 is 28.6 Å². The molecule has 2 heterocycles. The maximum atomic E-state index is 13.0. The Kier molecular flexibility index (Phi) is 7.43. The minimum absolute atomic E-state index is 0.0674. The van der Waals surface area contributed by atoms with Gasteiger partial charge in [-0.1, -0.05) is 6.07 Å². The number of carbonyl (C=O) groups is 3. The van der Waals surface area contributed by atoms with E-state index in [1.807, 2.05) is 13.8 Å². The number of nitrogens with zero attached hydrogens (tertiary/aromatic N) is 1. The van der Waals surface area contributed by atoms with Crippen LogP contribution >= 0.6 is 0 Å². The smallest absolute Gasteiger partial charge is 0.253 e. The number of ether oxygens (including phenoxy) is 3. The van der Waals surface area contributed by atoms with Gasteiger partial charge in [-0.15, -0.1) is 0 Å². The Morgan fingerprint density at radius 3 is 2.43 bits per heavy atom. The topological polar surface area (TPSA) is 106 Å². The molecule has 3 amide bonds. The van der Waals surface area contributed by atoms with Crippen molar-refractivity contribution in [2.75, 3.05) is 27.0 Å². The molecule has 4 rings (SSSR count). The molecule has 1 saturated heterocycles. The molecule has 1 fully saturated rings. The van der Waals surface area contributed by atoms with Gasteiger partial charge in [-0.25, -0.2) is 0 Å². The van der Waals surface area contributed by atoms with E-state index in [-0.39, 0.29) is 36.5 Å². The molecule has 2 aromatic carbocycles. The van der Waals surface area contributed by atoms with Crippen LogP contribution in [0.4, 0.5) is 0 Å². The van der Waals surface area contributed by atoms with Crippen molar-refractivity contribution in [1.82, 2.24) is 15.5 Å². The predicted octanol–water partition coefficient (Wildman–Crippen LogP) is 2.60. The van der Waals surface area contributed by atoms with Crippen LogP contribution in [0.5, 0.6) is 17.2 Å². The number of likely N-dealkylation sites (tertiary alicyclic amines) is 1. The van der Waals surface area contributed by atoms with Crippen molar-refractivity contribution in [1.29, 1.82) is 0 Å². The molecule has 1 unspecified atom stereocenters. The summed E-state index contributed by atoms with van der Waals surface area (Å²) < 4.78 is 15.9. The van der Waals surface area contributed by atoms with Crippen molar-refractivity contribution in [2.45, 2.75) is 38.8 Å². The first-order chi connectivity index (χ1) is 16.9. The van der Waals surface area contributed by atoms with Gasteiger partial charge < -0.3 is 29.7 Å². The molecule has 0 radical (unpaired) electrons. The standard InChI is InChI=1S/C26H31N3O6/c1-16(2)27-25(31)23(28-24(30)18-7-8-21-22(14-18)35-15-34-21)17-9-11-29(12-10-17)26(32)19-5-4-6-20(13-19)33-3/h4-8,13-14,16-17,23H,9-12,15H2,1-3H3,(H,27,31)(H,28,30). The zero-order chi connectivity index (χ0) is 24.9. The lowest BCUT2D eigenvalue weighted by molar-refractivity contribution is -0.125. The summed E-state index contributed by atoms with van der Waals surface area (Å²) in [5.41, 5.74) is 0.954. The average Bonchev–Trinajstić information content (AvgIpc) is 3.34. The molecule has 1 atom stereocenters. The van der Waals surface area contributed by atoms with E-state index in [0.29, 0.717) is 54.3 Å². The van der Waals surface area contributed by atoms with Crippen molar-refractivity contribution in [3.63, 3.8) is 0 Å². The van der Waals surface area contributed by atoms with Gasteiger partial charge in [-0.3, -0.25) is 14.4 Å². The molecule has 0 aliphatic carbocycles. The van der Waals surface area contributed by atoms with Crippen LogP contribution in [0, 0.1) is 5.92 Å². The van der Waals surface area contributed by atoms with Crippen LogP contribution in [-0.2, 0) is 4.79 Å². The number of benzene rings is 2. The highest BCUT2D eigenvalue weighted by atomic mass is 16.7. The molecule has 0 saturated carbocycles. The highest BCUT2D eigenvalue weighted by Gasteiger charge is 2.34. The fraction of sp³-hybridized carbons (Fsp3) is 0.423. The summed E-state index contributed by atoms with van der Waals surface area (Å²) in [5, 5.41) is 5.84. The third-order valence-electron chi connectivity index (χ3n) is 6.25. The summed E-state index contributed by atoms with van der Waals surface area (Å²) in [6.45, 7) is 4.86. The SMILES string of the molecule is COc1cccc(C(=O)N2CCC(C(NC(=O)c3ccc4c(c3)OCO4)C(=O)NC(C)C)CC2)c1. The molecule has 2 aromatic rings. The number of rotatable bonds is 7. The molecule has 0 aromatic heterocycles. The zero-order valence-electron chi connectivity index (χ0n) is 20.2. The van der Waals surface area contributed by atoms with E-state index < -0.39 is 6.04 Å². The molecular formula is C26H31N3O6. The molecule has 35 heavy (non-hydrogen) atoms. The first kappa shape index (κ1) is 24.4. The Bertz CT molecular complexity index is 1090. The zero-order valence-corrected chi connectivity index (χ0v) is 20.2. The van der Waals surface area contributed by atoms with E-state index in [9.17, 15) is 14.4 Å². The third-order valence-corrected chi connectivity index (χ3v) is 6.25. The van der Waals surface area contributed by atoms with Crippen molar-refractivity contribution >= 4 is 17.7 Å². The van der Waals surface area contributed by atoms with E-state index in [4.69, 9.17) is 14.2 Å². The van der Waals surface area contributed by atoms with Gasteiger partial charge in [0.2, 0.25) is 12.7 Å². The Morgan fingerprint density at radius 1 is 0.971 bits per heavy atom. The second-order valence-electron chi connectivity index (χ2n) is 9.04. The molecular weight excluding hydrogens is 450 g/mol. The molecule has 0 bridgehead atoms. The van der Waals surface area contributed by atoms with E-state index >= 15 is 0 Å². The molecule has 9 heteroatoms. The van der Waals surface area contributed by atoms with E-state index in [1.165, 1.54) is 0 Å². The number of methoxy groups -OCH3 is 1. The van der Waals surface area contributed by atoms with Crippen LogP contribution in [0.15, 0.2) is 42.5 Å². The first-order valence-corrected chi connectivity index (χ1v) is 11.8. The summed E-state index contributed by atoms with van der Waals surface area (Å²) in [6, 6.07) is 11.2. The number of hydrogen-bond donors (Lipinski definition) is 2. The minimum Gasteiger partial charge on any atom is -0.497 e. The molecule has 186 valence electrons. The first-order valence-electron chi connectivity index (χ1n) is 11.8. The van der Waals surface area contributed by atoms with Gasteiger partial charge >= 0.3 is 0 Å². The van der Waals surface area contributed by atoms with Crippen LogP contribution in [0.3, 0.4) is 0 Å². The Balaban J connectivity index is 1.44. The molecule has 0 spiro atoms. The lowest BCUT2D eigenvalue weighted by atomic mass is 9.88. The van der Waals surface area contributed by atoms with Crippen LogP contribution in [-0.4, -0.2) is 61.7 Å². The van der Waals surface area contributed by atoms with Crippen LogP contribution in [0.1, 0.15) is 47.4 Å². The van der Waals surface area contributed by atoms with E-state index in [1.54, 1.807) is 54.5 Å². The number of piperidine rings is 1. The maximum Gasteiger partial charge on any atom is 0.253 e. The predicted molar refractivity (Wildman–Crippen MR) is 129 cm³/mol. The summed E-state index contributed by atoms with van der Waals surface area (Å²) >= 11 is 0. The Morgan fingerprint density at radius 2 is 1.71 bits per heavy atom. The minimum atomic E-state index is -0.718. The highest BCUT2D eigenvalue weighted by Crippen LogP contribution is 2.32. The molecule has 2 aliphatic rings. The van der Waals surface area contributed by atoms with Crippen molar-refractivity contribution in [2.24, 2.45) is 5.92 Å². The van der Waals surface area contributed by atoms with Crippen LogP contribution < -0.4 is 24.8 Å². The lowest BCUT2D eigenvalue weighted by Gasteiger charge is -2.36. The van der Waals surface area contributed by atoms with Crippen LogP contribution in [0.2, 0.25) is 0 Å². The number of hydrogen-bond acceptors (Lipinski definition) is 6. The lowest BCUT2D eigenvalue weighted by Crippen LogP contribution is -2.54. The fourth-order valence-electron chi connectivity index (χ4n) is 4.41. The Hall–Kier alpha value is -3.75. The average molecular weight is 482 g/mol. The van der Waals surface area contributed by atoms with Crippen molar-refractivity contribution in [3.8, 4) is 17.2 Å². The van der Waals surface area contributed by atoms with E-state index in [2.05, 4.69) is 10.6 Å². The van der Waals surface area contributed by atoms with Gasteiger partial charge in [-0.2, -0.15) is 0 Å². The van der Waals surface area contributed by atoms with Gasteiger partial charge in [0.15, 0.2) is 11.5 Å². The number of amides is 3. The Labute approximate surface area is 204 Å².